The molecular weight excluding hydrogens is 969 g/mol. The normalized spacial score (nSPS) is 11.6. The Kier molecular flexibility index (Phi) is 54.7. The fourth-order valence-corrected chi connectivity index (χ4v) is 10.1. The molecule has 13 heteroatoms. The van der Waals surface area contributed by atoms with Gasteiger partial charge in [-0.25, -0.2) is 9.59 Å². The summed E-state index contributed by atoms with van der Waals surface area (Å²) in [5, 5.41) is 9.47. The van der Waals surface area contributed by atoms with Gasteiger partial charge in [0.1, 0.15) is 13.2 Å². The summed E-state index contributed by atoms with van der Waals surface area (Å²) in [7, 11) is 2.00. The monoisotopic (exact) mass is 1090 g/mol. The Balaban J connectivity index is 5.46. The molecule has 0 aromatic carbocycles. The number of nitrogens with zero attached hydrogens (tertiary/aromatic N) is 4. The number of aliphatic hydroxyl groups excluding tert-OH is 1. The van der Waals surface area contributed by atoms with Gasteiger partial charge in [-0.05, 0) is 103 Å². The quantitative estimate of drug-likeness (QED) is 0.0354. The van der Waals surface area contributed by atoms with Crippen LogP contribution in [0.2, 0.25) is 0 Å². The average Bonchev–Trinajstić information content (AvgIpc) is 3.41. The summed E-state index contributed by atoms with van der Waals surface area (Å²) in [6.07, 6.45) is 38.5. The zero-order valence-corrected chi connectivity index (χ0v) is 51.7. The second-order valence-electron chi connectivity index (χ2n) is 22.7. The second-order valence-corrected chi connectivity index (χ2v) is 22.7. The Bertz CT molecular complexity index is 1220. The number of aliphatic hydroxyl groups is 1. The molecule has 0 saturated carbocycles. The first-order valence-corrected chi connectivity index (χ1v) is 32.7. The summed E-state index contributed by atoms with van der Waals surface area (Å²) in [6, 6.07) is 0. The SMILES string of the molecule is CCCCCCCCN(CCCCCC(=O)OCC(CCCCC)CCCCC)C(=O)OCCN(CCCN(C)CCO)CCOC(=O)N(CCCCCCCC)CCCCCC(=O)OCC(CCCCC)CCCCC. The number of carbonyl (C=O) groups is 4. The van der Waals surface area contributed by atoms with Crippen LogP contribution in [0.5, 0.6) is 0 Å². The van der Waals surface area contributed by atoms with E-state index in [9.17, 15) is 24.3 Å². The number of esters is 2. The van der Waals surface area contributed by atoms with Crippen LogP contribution < -0.4 is 0 Å². The van der Waals surface area contributed by atoms with E-state index in [1.807, 2.05) is 16.8 Å². The molecule has 0 aliphatic heterocycles. The molecule has 0 spiro atoms. The molecule has 0 unspecified atom stereocenters. The van der Waals surface area contributed by atoms with Gasteiger partial charge < -0.3 is 38.8 Å². The first-order valence-electron chi connectivity index (χ1n) is 32.7. The minimum Gasteiger partial charge on any atom is -0.465 e. The molecule has 0 rings (SSSR count). The Labute approximate surface area is 475 Å². The molecule has 0 fully saturated rings. The smallest absolute Gasteiger partial charge is 0.409 e. The van der Waals surface area contributed by atoms with Gasteiger partial charge in [0.05, 0.1) is 19.8 Å². The summed E-state index contributed by atoms with van der Waals surface area (Å²) < 4.78 is 23.5. The van der Waals surface area contributed by atoms with Crippen molar-refractivity contribution in [3.63, 3.8) is 0 Å². The van der Waals surface area contributed by atoms with Gasteiger partial charge in [-0.15, -0.1) is 0 Å². The maximum Gasteiger partial charge on any atom is 0.409 e. The lowest BCUT2D eigenvalue weighted by Crippen LogP contribution is -2.39. The molecule has 0 bridgehead atoms. The molecule has 0 atom stereocenters. The lowest BCUT2D eigenvalue weighted by atomic mass is 9.96. The molecule has 2 amide bonds. The van der Waals surface area contributed by atoms with Crippen LogP contribution in [0.4, 0.5) is 9.59 Å². The van der Waals surface area contributed by atoms with Crippen LogP contribution in [0.3, 0.4) is 0 Å². The first-order chi connectivity index (χ1) is 37.6. The van der Waals surface area contributed by atoms with Crippen LogP contribution in [0.15, 0.2) is 0 Å². The Morgan fingerprint density at radius 2 is 0.675 bits per heavy atom. The molecule has 13 nitrogen and oxygen atoms in total. The van der Waals surface area contributed by atoms with E-state index in [4.69, 9.17) is 18.9 Å². The van der Waals surface area contributed by atoms with Crippen LogP contribution in [0.25, 0.3) is 0 Å². The molecule has 77 heavy (non-hydrogen) atoms. The minimum atomic E-state index is -0.296. The Morgan fingerprint density at radius 1 is 0.351 bits per heavy atom. The van der Waals surface area contributed by atoms with Crippen LogP contribution in [-0.4, -0.2) is 148 Å². The first kappa shape index (κ1) is 74.4. The number of hydrogen-bond acceptors (Lipinski definition) is 11. The van der Waals surface area contributed by atoms with Crippen molar-refractivity contribution in [2.45, 2.75) is 279 Å². The van der Waals surface area contributed by atoms with Gasteiger partial charge in [0.2, 0.25) is 0 Å². The van der Waals surface area contributed by atoms with Crippen molar-refractivity contribution in [1.82, 2.24) is 19.6 Å². The number of carbonyl (C=O) groups excluding carboxylic acids is 4. The molecule has 0 aliphatic rings. The zero-order chi connectivity index (χ0) is 56.7. The van der Waals surface area contributed by atoms with E-state index >= 15 is 0 Å². The topological polar surface area (TPSA) is 138 Å². The Morgan fingerprint density at radius 3 is 1.03 bits per heavy atom. The van der Waals surface area contributed by atoms with E-state index in [0.717, 1.165) is 122 Å². The maximum atomic E-state index is 13.7. The summed E-state index contributed by atoms with van der Waals surface area (Å²) in [5.41, 5.74) is 0. The van der Waals surface area contributed by atoms with Crippen molar-refractivity contribution in [3.05, 3.63) is 0 Å². The number of rotatable bonds is 58. The van der Waals surface area contributed by atoms with E-state index < -0.39 is 0 Å². The maximum absolute atomic E-state index is 13.7. The largest absolute Gasteiger partial charge is 0.465 e. The zero-order valence-electron chi connectivity index (χ0n) is 51.7. The lowest BCUT2D eigenvalue weighted by Gasteiger charge is -2.26. The summed E-state index contributed by atoms with van der Waals surface area (Å²) in [4.78, 5) is 60.9. The predicted molar refractivity (Wildman–Crippen MR) is 321 cm³/mol. The third-order valence-electron chi connectivity index (χ3n) is 15.3. The highest BCUT2D eigenvalue weighted by molar-refractivity contribution is 5.70. The number of amides is 2. The molecule has 0 heterocycles. The molecule has 0 aromatic heterocycles. The molecule has 0 radical (unpaired) electrons. The predicted octanol–water partition coefficient (Wildman–Crippen LogP) is 16.0. The van der Waals surface area contributed by atoms with Crippen LogP contribution in [-0.2, 0) is 28.5 Å². The van der Waals surface area contributed by atoms with Crippen LogP contribution in [0, 0.1) is 11.8 Å². The van der Waals surface area contributed by atoms with Crippen molar-refractivity contribution >= 4 is 24.1 Å². The van der Waals surface area contributed by atoms with E-state index in [1.165, 1.54) is 116 Å². The van der Waals surface area contributed by atoms with Gasteiger partial charge in [0.15, 0.2) is 0 Å². The molecule has 0 saturated heterocycles. The number of hydrogen-bond donors (Lipinski definition) is 1. The van der Waals surface area contributed by atoms with Crippen LogP contribution >= 0.6 is 0 Å². The number of ether oxygens (including phenoxy) is 4. The molecule has 1 N–H and O–H groups in total. The van der Waals surface area contributed by atoms with Gasteiger partial charge >= 0.3 is 24.1 Å². The third-order valence-corrected chi connectivity index (χ3v) is 15.3. The minimum absolute atomic E-state index is 0.105. The average molecular weight is 1100 g/mol. The second kappa shape index (κ2) is 56.6. The standard InChI is InChI=1S/C64H126N4O9/c1-8-14-20-22-24-34-47-67(49-36-26-32-43-61(70)76-57-59(39-28-16-10-3)40-29-17-11-4)63(72)74-55-52-66(46-38-45-65(7)51-54-69)53-56-75-64(73)68(48-35-25-23-21-15-9-2)50-37-27-33-44-62(71)77-58-60(41-30-18-12-5)42-31-19-13-6/h59-60,69H,8-58H2,1-7H3. The molecular formula is C64H126N4O9. The van der Waals surface area contributed by atoms with Gasteiger partial charge in [-0.3, -0.25) is 14.5 Å². The summed E-state index contributed by atoms with van der Waals surface area (Å²) in [5.74, 6) is 0.702. The fourth-order valence-electron chi connectivity index (χ4n) is 10.1. The van der Waals surface area contributed by atoms with Gasteiger partial charge in [-0.1, -0.05) is 196 Å². The highest BCUT2D eigenvalue weighted by Crippen LogP contribution is 2.21. The van der Waals surface area contributed by atoms with Crippen molar-refractivity contribution in [3.8, 4) is 0 Å². The number of likely N-dealkylation sites (N-methyl/N-ethyl adjacent to an activating group) is 1. The molecule has 0 aromatic rings. The van der Waals surface area contributed by atoms with Crippen molar-refractivity contribution in [1.29, 1.82) is 0 Å². The highest BCUT2D eigenvalue weighted by atomic mass is 16.6. The van der Waals surface area contributed by atoms with Gasteiger partial charge in [0, 0.05) is 58.7 Å². The van der Waals surface area contributed by atoms with E-state index in [0.29, 0.717) is 83.7 Å². The summed E-state index contributed by atoms with van der Waals surface area (Å²) in [6.45, 7) is 20.6. The summed E-state index contributed by atoms with van der Waals surface area (Å²) >= 11 is 0. The van der Waals surface area contributed by atoms with Crippen LogP contribution in [0.1, 0.15) is 279 Å². The van der Waals surface area contributed by atoms with E-state index in [1.54, 1.807) is 0 Å². The van der Waals surface area contributed by atoms with Gasteiger partial charge in [0.25, 0.3) is 0 Å². The van der Waals surface area contributed by atoms with Crippen molar-refractivity contribution < 1.29 is 43.2 Å². The highest BCUT2D eigenvalue weighted by Gasteiger charge is 2.19. The van der Waals surface area contributed by atoms with Gasteiger partial charge in [-0.2, -0.15) is 0 Å². The molecule has 0 aliphatic carbocycles. The fraction of sp³-hybridized carbons (Fsp3) is 0.938. The Hall–Kier alpha value is -2.64. The lowest BCUT2D eigenvalue weighted by molar-refractivity contribution is -0.146. The van der Waals surface area contributed by atoms with E-state index in [-0.39, 0.29) is 43.9 Å². The van der Waals surface area contributed by atoms with E-state index in [2.05, 4.69) is 51.3 Å². The number of unbranched alkanes of at least 4 members (excludes halogenated alkanes) is 22. The third kappa shape index (κ3) is 47.8. The van der Waals surface area contributed by atoms with Crippen molar-refractivity contribution in [2.75, 3.05) is 99.0 Å². The van der Waals surface area contributed by atoms with Crippen molar-refractivity contribution in [2.24, 2.45) is 11.8 Å². The molecule has 456 valence electrons.